The van der Waals surface area contributed by atoms with Crippen molar-refractivity contribution in [3.05, 3.63) is 52.5 Å². The number of benzene rings is 2. The highest BCUT2D eigenvalue weighted by atomic mass is 35.5. The third-order valence-corrected chi connectivity index (χ3v) is 3.89. The van der Waals surface area contributed by atoms with Crippen LogP contribution in [-0.4, -0.2) is 24.5 Å². The van der Waals surface area contributed by atoms with E-state index in [0.29, 0.717) is 33.4 Å². The summed E-state index contributed by atoms with van der Waals surface area (Å²) >= 11 is 5.96. The number of hydrogen-bond acceptors (Lipinski definition) is 5. The molecule has 3 rings (SSSR count). The van der Waals surface area contributed by atoms with Gasteiger partial charge in [-0.3, -0.25) is 4.79 Å². The molecule has 1 heterocycles. The van der Waals surface area contributed by atoms with Gasteiger partial charge in [-0.15, -0.1) is 0 Å². The summed E-state index contributed by atoms with van der Waals surface area (Å²) < 4.78 is 10.6. The van der Waals surface area contributed by atoms with Crippen molar-refractivity contribution in [2.45, 2.75) is 13.3 Å². The van der Waals surface area contributed by atoms with E-state index in [0.717, 1.165) is 12.0 Å². The number of rotatable bonds is 6. The van der Waals surface area contributed by atoms with Crippen LogP contribution in [0.25, 0.3) is 11.1 Å². The topological polar surface area (TPSA) is 64.4 Å². The summed E-state index contributed by atoms with van der Waals surface area (Å²) in [4.78, 5) is 16.7. The summed E-state index contributed by atoms with van der Waals surface area (Å²) in [6.07, 6.45) is 0.842. The molecule has 0 saturated carbocycles. The lowest BCUT2D eigenvalue weighted by atomic mass is 10.0. The van der Waals surface area contributed by atoms with Gasteiger partial charge < -0.3 is 14.5 Å². The third-order valence-electron chi connectivity index (χ3n) is 3.66. The normalized spacial score (nSPS) is 11.0. The number of nitrogens with one attached hydrogen (secondary N) is 1. The Bertz CT molecular complexity index is 889. The number of hydrogen-bond donors (Lipinski definition) is 1. The molecule has 6 heteroatoms. The number of methoxy groups -OCH3 is 1. The van der Waals surface area contributed by atoms with Crippen LogP contribution >= 0.6 is 11.6 Å². The number of aromatic nitrogens is 1. The Labute approximate surface area is 144 Å². The lowest BCUT2D eigenvalue weighted by molar-refractivity contribution is 0.0849. The van der Waals surface area contributed by atoms with Gasteiger partial charge in [0, 0.05) is 17.7 Å². The number of fused-ring (bicyclic) bond motifs is 1. The molecule has 24 heavy (non-hydrogen) atoms. The van der Waals surface area contributed by atoms with E-state index in [2.05, 4.69) is 10.3 Å². The van der Waals surface area contributed by atoms with E-state index in [4.69, 9.17) is 20.8 Å². The fraction of sp³-hybridized carbons (Fsp3) is 0.222. The maximum Gasteiger partial charge on any atom is 0.300 e. The number of halogens is 1. The van der Waals surface area contributed by atoms with Gasteiger partial charge in [-0.1, -0.05) is 24.6 Å². The molecular weight excluding hydrogens is 328 g/mol. The van der Waals surface area contributed by atoms with Gasteiger partial charge in [0.2, 0.25) is 0 Å². The Morgan fingerprint density at radius 1 is 1.29 bits per heavy atom. The van der Waals surface area contributed by atoms with Crippen molar-refractivity contribution in [1.29, 1.82) is 0 Å². The molecule has 1 N–H and O–H groups in total. The number of aryl methyl sites for hydroxylation is 1. The van der Waals surface area contributed by atoms with E-state index in [1.807, 2.05) is 25.1 Å². The summed E-state index contributed by atoms with van der Waals surface area (Å²) in [5.74, 6) is -0.102. The number of carbonyl (C=O) groups is 1. The van der Waals surface area contributed by atoms with Crippen LogP contribution in [0.4, 0.5) is 11.7 Å². The zero-order valence-corrected chi connectivity index (χ0v) is 14.2. The molecule has 0 amide bonds. The van der Waals surface area contributed by atoms with Gasteiger partial charge in [0.05, 0.1) is 5.69 Å². The lowest BCUT2D eigenvalue weighted by Crippen LogP contribution is -2.10. The molecule has 0 saturated heterocycles. The highest BCUT2D eigenvalue weighted by Gasteiger charge is 2.14. The predicted molar refractivity (Wildman–Crippen MR) is 94.3 cm³/mol. The molecule has 0 fully saturated rings. The molecule has 2 aromatic carbocycles. The molecule has 0 radical (unpaired) electrons. The molecule has 0 aliphatic carbocycles. The summed E-state index contributed by atoms with van der Waals surface area (Å²) in [6.45, 7) is 2.06. The Hall–Kier alpha value is -2.37. The second kappa shape index (κ2) is 7.03. The summed E-state index contributed by atoms with van der Waals surface area (Å²) in [5, 5.41) is 3.66. The van der Waals surface area contributed by atoms with Gasteiger partial charge in [0.25, 0.3) is 6.01 Å². The molecule has 5 nitrogen and oxygen atoms in total. The molecule has 0 spiro atoms. The smallest absolute Gasteiger partial charge is 0.300 e. The van der Waals surface area contributed by atoms with Crippen molar-refractivity contribution in [1.82, 2.24) is 4.98 Å². The van der Waals surface area contributed by atoms with E-state index in [9.17, 15) is 4.79 Å². The lowest BCUT2D eigenvalue weighted by Gasteiger charge is -2.10. The summed E-state index contributed by atoms with van der Waals surface area (Å²) in [7, 11) is 1.50. The summed E-state index contributed by atoms with van der Waals surface area (Å²) in [5.41, 5.74) is 3.53. The van der Waals surface area contributed by atoms with Crippen molar-refractivity contribution in [3.63, 3.8) is 0 Å². The van der Waals surface area contributed by atoms with Gasteiger partial charge in [-0.25, -0.2) is 0 Å². The average Bonchev–Trinajstić information content (AvgIpc) is 2.96. The number of oxazole rings is 1. The van der Waals surface area contributed by atoms with Crippen LogP contribution in [0, 0.1) is 0 Å². The number of carbonyl (C=O) groups excluding carboxylic acids is 1. The van der Waals surface area contributed by atoms with E-state index in [-0.39, 0.29) is 12.4 Å². The number of nitrogens with zero attached hydrogens (tertiary/aromatic N) is 1. The third kappa shape index (κ3) is 3.42. The zero-order chi connectivity index (χ0) is 17.1. The van der Waals surface area contributed by atoms with E-state index in [1.165, 1.54) is 7.11 Å². The van der Waals surface area contributed by atoms with Crippen molar-refractivity contribution in [2.24, 2.45) is 0 Å². The largest absolute Gasteiger partial charge is 0.423 e. The van der Waals surface area contributed by atoms with E-state index in [1.54, 1.807) is 18.2 Å². The highest BCUT2D eigenvalue weighted by molar-refractivity contribution is 6.31. The minimum Gasteiger partial charge on any atom is -0.423 e. The number of ketones is 1. The fourth-order valence-electron chi connectivity index (χ4n) is 2.43. The average molecular weight is 345 g/mol. The fourth-order valence-corrected chi connectivity index (χ4v) is 2.60. The van der Waals surface area contributed by atoms with Gasteiger partial charge in [-0.05, 0) is 42.3 Å². The van der Waals surface area contributed by atoms with E-state index < -0.39 is 0 Å². The molecule has 0 aliphatic rings. The number of Topliss-reactive ketones (excluding diaryl/α,β-unsaturated/α-hetero) is 1. The minimum atomic E-state index is -0.102. The maximum absolute atomic E-state index is 12.3. The maximum atomic E-state index is 12.3. The highest BCUT2D eigenvalue weighted by Crippen LogP contribution is 2.27. The van der Waals surface area contributed by atoms with Crippen molar-refractivity contribution < 1.29 is 13.9 Å². The summed E-state index contributed by atoms with van der Waals surface area (Å²) in [6, 6.07) is 11.2. The molecule has 3 aromatic rings. The first-order valence-electron chi connectivity index (χ1n) is 7.59. The van der Waals surface area contributed by atoms with Crippen LogP contribution in [-0.2, 0) is 11.2 Å². The first-order chi connectivity index (χ1) is 11.6. The van der Waals surface area contributed by atoms with Crippen LogP contribution in [0.2, 0.25) is 5.02 Å². The Morgan fingerprint density at radius 3 is 2.88 bits per heavy atom. The second-order valence-electron chi connectivity index (χ2n) is 5.35. The first-order valence-corrected chi connectivity index (χ1v) is 7.96. The Kier molecular flexibility index (Phi) is 4.83. The molecule has 124 valence electrons. The molecule has 1 aromatic heterocycles. The van der Waals surface area contributed by atoms with Gasteiger partial charge in [-0.2, -0.15) is 4.98 Å². The first kappa shape index (κ1) is 16.5. The van der Waals surface area contributed by atoms with Crippen LogP contribution < -0.4 is 5.32 Å². The monoisotopic (exact) mass is 344 g/mol. The van der Waals surface area contributed by atoms with Crippen LogP contribution in [0.3, 0.4) is 0 Å². The van der Waals surface area contributed by atoms with Crippen LogP contribution in [0.15, 0.2) is 40.8 Å². The Balaban J connectivity index is 1.96. The second-order valence-corrected chi connectivity index (χ2v) is 5.78. The SMILES string of the molecule is CCc1ccc(Nc2nc3cc(Cl)ccc3o2)c(C(=O)COC)c1. The molecule has 0 unspecified atom stereocenters. The number of ether oxygens (including phenoxy) is 1. The van der Waals surface area contributed by atoms with Gasteiger partial charge >= 0.3 is 0 Å². The Morgan fingerprint density at radius 2 is 2.12 bits per heavy atom. The van der Waals surface area contributed by atoms with Crippen molar-refractivity contribution in [3.8, 4) is 0 Å². The van der Waals surface area contributed by atoms with Crippen LogP contribution in [0.1, 0.15) is 22.8 Å². The molecule has 0 bridgehead atoms. The zero-order valence-electron chi connectivity index (χ0n) is 13.4. The number of anilines is 2. The van der Waals surface area contributed by atoms with Gasteiger partial charge in [0.15, 0.2) is 11.4 Å². The predicted octanol–water partition coefficient (Wildman–Crippen LogP) is 4.62. The van der Waals surface area contributed by atoms with Gasteiger partial charge in [0.1, 0.15) is 12.1 Å². The molecular formula is C18H17ClN2O3. The van der Waals surface area contributed by atoms with Crippen LogP contribution in [0.5, 0.6) is 0 Å². The van der Waals surface area contributed by atoms with Crippen molar-refractivity contribution in [2.75, 3.05) is 19.0 Å². The quantitative estimate of drug-likeness (QED) is 0.661. The standard InChI is InChI=1S/C18H17ClN2O3/c1-3-11-4-6-14(13(8-11)16(22)10-23-2)20-18-21-15-9-12(19)5-7-17(15)24-18/h4-9H,3,10H2,1-2H3,(H,20,21). The van der Waals surface area contributed by atoms with E-state index >= 15 is 0 Å². The molecule has 0 aliphatic heterocycles. The van der Waals surface area contributed by atoms with Crippen molar-refractivity contribution >= 4 is 40.2 Å². The minimum absolute atomic E-state index is 0.0189. The molecule has 0 atom stereocenters.